The Morgan fingerprint density at radius 3 is 2.42 bits per heavy atom. The molecule has 0 aliphatic heterocycles. The lowest BCUT2D eigenvalue weighted by Gasteiger charge is -2.15. The first-order valence-electron chi connectivity index (χ1n) is 10.4. The van der Waals surface area contributed by atoms with Crippen LogP contribution in [0.25, 0.3) is 16.4 Å². The normalized spacial score (nSPS) is 12.2. The quantitative estimate of drug-likeness (QED) is 0.413. The highest BCUT2D eigenvalue weighted by Crippen LogP contribution is 2.28. The summed E-state index contributed by atoms with van der Waals surface area (Å²) in [6, 6.07) is 18.2. The summed E-state index contributed by atoms with van der Waals surface area (Å²) >= 11 is 1.53. The smallest absolute Gasteiger partial charge is 0.255 e. The van der Waals surface area contributed by atoms with Crippen LogP contribution < -0.4 is 5.32 Å². The molecule has 1 N–H and O–H groups in total. The van der Waals surface area contributed by atoms with Gasteiger partial charge in [0.05, 0.1) is 29.2 Å². The van der Waals surface area contributed by atoms with Gasteiger partial charge in [0.15, 0.2) is 0 Å². The first-order chi connectivity index (χ1) is 14.9. The highest BCUT2D eigenvalue weighted by molar-refractivity contribution is 7.12. The number of rotatable bonds is 6. The van der Waals surface area contributed by atoms with Crippen molar-refractivity contribution in [1.82, 2.24) is 20.1 Å². The van der Waals surface area contributed by atoms with Crippen molar-refractivity contribution in [2.75, 3.05) is 0 Å². The SMILES string of the molecule is Cc1ccc(-c2csc(-n3ncc(C(=O)NC(C)c4ccccc4)c3C(C)C)n2)cc1. The van der Waals surface area contributed by atoms with Crippen molar-refractivity contribution in [3.63, 3.8) is 0 Å². The number of nitrogens with zero attached hydrogens (tertiary/aromatic N) is 3. The van der Waals surface area contributed by atoms with Gasteiger partial charge in [-0.3, -0.25) is 4.79 Å². The lowest BCUT2D eigenvalue weighted by atomic mass is 10.0. The molecule has 1 atom stereocenters. The second-order valence-corrected chi connectivity index (χ2v) is 8.83. The molecule has 0 saturated carbocycles. The molecule has 6 heteroatoms. The van der Waals surface area contributed by atoms with Gasteiger partial charge in [-0.1, -0.05) is 74.0 Å². The van der Waals surface area contributed by atoms with E-state index in [4.69, 9.17) is 4.98 Å². The van der Waals surface area contributed by atoms with E-state index in [1.807, 2.05) is 42.6 Å². The Kier molecular flexibility index (Phi) is 6.00. The summed E-state index contributed by atoms with van der Waals surface area (Å²) in [4.78, 5) is 17.9. The van der Waals surface area contributed by atoms with E-state index in [2.05, 4.69) is 55.5 Å². The van der Waals surface area contributed by atoms with Crippen molar-refractivity contribution < 1.29 is 4.79 Å². The molecule has 1 unspecified atom stereocenters. The Morgan fingerprint density at radius 2 is 1.74 bits per heavy atom. The molecular formula is C25H26N4OS. The molecule has 31 heavy (non-hydrogen) atoms. The molecule has 4 rings (SSSR count). The molecule has 2 aromatic heterocycles. The van der Waals surface area contributed by atoms with E-state index in [9.17, 15) is 4.79 Å². The van der Waals surface area contributed by atoms with Crippen LogP contribution in [0.3, 0.4) is 0 Å². The molecule has 0 spiro atoms. The second-order valence-electron chi connectivity index (χ2n) is 8.00. The third-order valence-corrected chi connectivity index (χ3v) is 6.08. The van der Waals surface area contributed by atoms with E-state index in [-0.39, 0.29) is 17.9 Å². The lowest BCUT2D eigenvalue weighted by molar-refractivity contribution is 0.0938. The monoisotopic (exact) mass is 430 g/mol. The zero-order chi connectivity index (χ0) is 22.0. The zero-order valence-electron chi connectivity index (χ0n) is 18.2. The molecule has 0 fully saturated rings. The minimum absolute atomic E-state index is 0.0925. The lowest BCUT2D eigenvalue weighted by Crippen LogP contribution is -2.27. The van der Waals surface area contributed by atoms with Crippen LogP contribution in [0.15, 0.2) is 66.2 Å². The summed E-state index contributed by atoms with van der Waals surface area (Å²) in [5.41, 5.74) is 5.72. The predicted molar refractivity (Wildman–Crippen MR) is 126 cm³/mol. The Morgan fingerprint density at radius 1 is 1.03 bits per heavy atom. The van der Waals surface area contributed by atoms with Gasteiger partial charge >= 0.3 is 0 Å². The molecule has 5 nitrogen and oxygen atoms in total. The van der Waals surface area contributed by atoms with Crippen LogP contribution in [0.2, 0.25) is 0 Å². The topological polar surface area (TPSA) is 59.8 Å². The highest BCUT2D eigenvalue weighted by atomic mass is 32.1. The number of aryl methyl sites for hydroxylation is 1. The minimum atomic E-state index is -0.124. The van der Waals surface area contributed by atoms with E-state index in [1.165, 1.54) is 16.9 Å². The van der Waals surface area contributed by atoms with E-state index in [0.717, 1.165) is 27.6 Å². The Bertz CT molecular complexity index is 1180. The number of thiazole rings is 1. The van der Waals surface area contributed by atoms with Crippen LogP contribution in [0.4, 0.5) is 0 Å². The van der Waals surface area contributed by atoms with E-state index < -0.39 is 0 Å². The first-order valence-corrected chi connectivity index (χ1v) is 11.3. The molecule has 0 saturated heterocycles. The molecule has 2 heterocycles. The number of aromatic nitrogens is 3. The fourth-order valence-electron chi connectivity index (χ4n) is 3.56. The largest absolute Gasteiger partial charge is 0.345 e. The minimum Gasteiger partial charge on any atom is -0.345 e. The van der Waals surface area contributed by atoms with Gasteiger partial charge in [-0.05, 0) is 25.3 Å². The van der Waals surface area contributed by atoms with Crippen LogP contribution in [0.1, 0.15) is 59.9 Å². The van der Waals surface area contributed by atoms with Gasteiger partial charge in [0, 0.05) is 10.9 Å². The molecule has 2 aromatic carbocycles. The van der Waals surface area contributed by atoms with Crippen LogP contribution in [0, 0.1) is 6.92 Å². The summed E-state index contributed by atoms with van der Waals surface area (Å²) in [5.74, 6) is -0.0105. The second kappa shape index (κ2) is 8.86. The van der Waals surface area contributed by atoms with Gasteiger partial charge in [-0.2, -0.15) is 5.10 Å². The van der Waals surface area contributed by atoms with Crippen LogP contribution in [-0.4, -0.2) is 20.7 Å². The predicted octanol–water partition coefficient (Wildman–Crippen LogP) is 5.92. The Hall–Kier alpha value is -3.25. The number of hydrogen-bond donors (Lipinski definition) is 1. The molecule has 0 bridgehead atoms. The maximum atomic E-state index is 13.1. The number of amides is 1. The van der Waals surface area contributed by atoms with E-state index in [0.29, 0.717) is 5.56 Å². The van der Waals surface area contributed by atoms with Crippen LogP contribution in [-0.2, 0) is 0 Å². The van der Waals surface area contributed by atoms with Crippen molar-refractivity contribution in [1.29, 1.82) is 0 Å². The molecule has 4 aromatic rings. The van der Waals surface area contributed by atoms with Gasteiger partial charge < -0.3 is 5.32 Å². The fraction of sp³-hybridized carbons (Fsp3) is 0.240. The average molecular weight is 431 g/mol. The maximum absolute atomic E-state index is 13.1. The number of nitrogens with one attached hydrogen (secondary N) is 1. The van der Waals surface area contributed by atoms with Gasteiger partial charge in [-0.25, -0.2) is 9.67 Å². The molecule has 158 valence electrons. The first kappa shape index (κ1) is 21.0. The number of benzene rings is 2. The van der Waals surface area contributed by atoms with Crippen molar-refractivity contribution in [2.24, 2.45) is 0 Å². The molecule has 0 aliphatic carbocycles. The van der Waals surface area contributed by atoms with Gasteiger partial charge in [0.2, 0.25) is 5.13 Å². The zero-order valence-corrected chi connectivity index (χ0v) is 19.0. The van der Waals surface area contributed by atoms with Crippen molar-refractivity contribution in [3.8, 4) is 16.4 Å². The molecule has 0 radical (unpaired) electrons. The average Bonchev–Trinajstić information content (AvgIpc) is 3.42. The number of carbonyl (C=O) groups excluding carboxylic acids is 1. The Labute approximate surface area is 186 Å². The molecular weight excluding hydrogens is 404 g/mol. The highest BCUT2D eigenvalue weighted by Gasteiger charge is 2.23. The standard InChI is InChI=1S/C25H26N4OS/c1-16(2)23-21(24(30)27-18(4)19-8-6-5-7-9-19)14-26-29(23)25-28-22(15-31-25)20-12-10-17(3)11-13-20/h5-16,18H,1-4H3,(H,27,30). The van der Waals surface area contributed by atoms with E-state index in [1.54, 1.807) is 10.9 Å². The van der Waals surface area contributed by atoms with Crippen molar-refractivity contribution in [3.05, 3.63) is 88.6 Å². The third kappa shape index (κ3) is 4.44. The molecule has 0 aliphatic rings. The maximum Gasteiger partial charge on any atom is 0.255 e. The summed E-state index contributed by atoms with van der Waals surface area (Å²) in [5, 5.41) is 10.4. The summed E-state index contributed by atoms with van der Waals surface area (Å²) in [6.07, 6.45) is 1.65. The van der Waals surface area contributed by atoms with Crippen molar-refractivity contribution in [2.45, 2.75) is 39.7 Å². The van der Waals surface area contributed by atoms with Gasteiger partial charge in [0.1, 0.15) is 0 Å². The number of carbonyl (C=O) groups is 1. The summed E-state index contributed by atoms with van der Waals surface area (Å²) < 4.78 is 1.80. The van der Waals surface area contributed by atoms with Crippen LogP contribution >= 0.6 is 11.3 Å². The van der Waals surface area contributed by atoms with E-state index >= 15 is 0 Å². The fourth-order valence-corrected chi connectivity index (χ4v) is 4.36. The van der Waals surface area contributed by atoms with Crippen molar-refractivity contribution >= 4 is 17.2 Å². The summed E-state index contributed by atoms with van der Waals surface area (Å²) in [7, 11) is 0. The molecule has 1 amide bonds. The van der Waals surface area contributed by atoms with Gasteiger partial charge in [0.25, 0.3) is 5.91 Å². The number of hydrogen-bond acceptors (Lipinski definition) is 4. The Balaban J connectivity index is 1.62. The van der Waals surface area contributed by atoms with Crippen LogP contribution in [0.5, 0.6) is 0 Å². The van der Waals surface area contributed by atoms with Gasteiger partial charge in [-0.15, -0.1) is 11.3 Å². The summed E-state index contributed by atoms with van der Waals surface area (Å²) in [6.45, 7) is 8.19. The third-order valence-electron chi connectivity index (χ3n) is 5.27.